The summed E-state index contributed by atoms with van der Waals surface area (Å²) < 4.78 is 1.53. The molecule has 0 bridgehead atoms. The van der Waals surface area contributed by atoms with Crippen LogP contribution >= 0.6 is 43.2 Å². The van der Waals surface area contributed by atoms with E-state index in [0.29, 0.717) is 28.6 Å². The zero-order valence-electron chi connectivity index (χ0n) is 9.24. The smallest absolute Gasteiger partial charge is 0.229 e. The fourth-order valence-corrected chi connectivity index (χ4v) is 4.59. The maximum absolute atomic E-state index is 12.0. The average molecular weight is 395 g/mol. The highest BCUT2D eigenvalue weighted by atomic mass is 79.9. The maximum Gasteiger partial charge on any atom is 0.229 e. The van der Waals surface area contributed by atoms with Gasteiger partial charge in [-0.3, -0.25) is 19.3 Å². The van der Waals surface area contributed by atoms with E-state index in [-0.39, 0.29) is 24.1 Å². The van der Waals surface area contributed by atoms with Gasteiger partial charge in [-0.05, 0) is 44.3 Å². The molecule has 0 spiro atoms. The van der Waals surface area contributed by atoms with Crippen LogP contribution in [-0.2, 0) is 9.59 Å². The molecule has 0 atom stereocenters. The van der Waals surface area contributed by atoms with Crippen molar-refractivity contribution in [3.63, 3.8) is 0 Å². The molecule has 0 radical (unpaired) electrons. The normalized spacial score (nSPS) is 16.2. The van der Waals surface area contributed by atoms with Crippen molar-refractivity contribution in [1.82, 2.24) is 4.90 Å². The van der Waals surface area contributed by atoms with Gasteiger partial charge in [0.1, 0.15) is 0 Å². The third-order valence-corrected chi connectivity index (χ3v) is 4.98. The number of ketones is 1. The molecule has 1 aromatic heterocycles. The largest absolute Gasteiger partial charge is 0.292 e. The van der Waals surface area contributed by atoms with E-state index < -0.39 is 0 Å². The average Bonchev–Trinajstić information content (AvgIpc) is 2.63. The lowest BCUT2D eigenvalue weighted by Crippen LogP contribution is -2.43. The van der Waals surface area contributed by atoms with E-state index in [1.54, 1.807) is 6.07 Å². The summed E-state index contributed by atoms with van der Waals surface area (Å²) in [6.07, 6.45) is 1.26. The van der Waals surface area contributed by atoms with Crippen LogP contribution in [0.3, 0.4) is 0 Å². The standard InChI is InChI=1S/C11H9Br2NO3S/c12-8-4-6(11(13)18-8)7(15)5-14-9(16)2-1-3-10(14)17/h4H,1-3,5H2. The number of likely N-dealkylation sites (tertiary alicyclic amines) is 1. The van der Waals surface area contributed by atoms with Gasteiger partial charge < -0.3 is 0 Å². The van der Waals surface area contributed by atoms with E-state index in [1.807, 2.05) is 0 Å². The molecule has 1 fully saturated rings. The number of piperidine rings is 1. The first-order chi connectivity index (χ1) is 8.49. The Morgan fingerprint density at radius 3 is 2.39 bits per heavy atom. The van der Waals surface area contributed by atoms with Crippen LogP contribution < -0.4 is 0 Å². The van der Waals surface area contributed by atoms with Crippen LogP contribution in [-0.4, -0.2) is 29.0 Å². The van der Waals surface area contributed by atoms with Gasteiger partial charge in [-0.1, -0.05) is 0 Å². The van der Waals surface area contributed by atoms with Gasteiger partial charge in [0.25, 0.3) is 0 Å². The van der Waals surface area contributed by atoms with Crippen molar-refractivity contribution in [2.24, 2.45) is 0 Å². The second kappa shape index (κ2) is 5.63. The van der Waals surface area contributed by atoms with Crippen molar-refractivity contribution in [1.29, 1.82) is 0 Å². The van der Waals surface area contributed by atoms with Crippen molar-refractivity contribution in [3.05, 3.63) is 19.2 Å². The second-order valence-corrected chi connectivity index (χ2v) is 7.64. The highest BCUT2D eigenvalue weighted by molar-refractivity contribution is 9.12. The fourth-order valence-electron chi connectivity index (χ4n) is 1.74. The summed E-state index contributed by atoms with van der Waals surface area (Å²) in [6.45, 7) is -0.167. The molecule has 1 aliphatic heterocycles. The highest BCUT2D eigenvalue weighted by Gasteiger charge is 2.28. The molecule has 96 valence electrons. The lowest BCUT2D eigenvalue weighted by atomic mass is 10.1. The summed E-state index contributed by atoms with van der Waals surface area (Å²) in [5.74, 6) is -0.748. The lowest BCUT2D eigenvalue weighted by Gasteiger charge is -2.23. The third kappa shape index (κ3) is 2.89. The van der Waals surface area contributed by atoms with Crippen molar-refractivity contribution in [3.8, 4) is 0 Å². The number of amides is 2. The van der Waals surface area contributed by atoms with Crippen LogP contribution in [0.15, 0.2) is 13.6 Å². The minimum Gasteiger partial charge on any atom is -0.292 e. The number of carbonyl (C=O) groups excluding carboxylic acids is 3. The predicted octanol–water partition coefficient (Wildman–Crippen LogP) is 2.99. The second-order valence-electron chi connectivity index (χ2n) is 3.89. The van der Waals surface area contributed by atoms with E-state index >= 15 is 0 Å². The Hall–Kier alpha value is -0.530. The number of rotatable bonds is 3. The summed E-state index contributed by atoms with van der Waals surface area (Å²) in [7, 11) is 0. The van der Waals surface area contributed by atoms with E-state index in [4.69, 9.17) is 0 Å². The quantitative estimate of drug-likeness (QED) is 0.584. The van der Waals surface area contributed by atoms with Crippen LogP contribution in [0.5, 0.6) is 0 Å². The van der Waals surface area contributed by atoms with Crippen LogP contribution in [0.2, 0.25) is 0 Å². The molecule has 0 N–H and O–H groups in total. The molecule has 4 nitrogen and oxygen atoms in total. The molecule has 0 saturated carbocycles. The molecule has 1 aromatic rings. The minimum atomic E-state index is -0.259. The number of thiophene rings is 1. The first-order valence-corrected chi connectivity index (χ1v) is 7.70. The molecule has 2 amide bonds. The molecule has 18 heavy (non-hydrogen) atoms. The van der Waals surface area contributed by atoms with Crippen molar-refractivity contribution >= 4 is 60.8 Å². The summed E-state index contributed by atoms with van der Waals surface area (Å²) in [5, 5.41) is 0. The van der Waals surface area contributed by atoms with Gasteiger partial charge in [0, 0.05) is 18.4 Å². The number of halogens is 2. The van der Waals surface area contributed by atoms with E-state index in [9.17, 15) is 14.4 Å². The van der Waals surface area contributed by atoms with Gasteiger partial charge in [0.05, 0.1) is 14.1 Å². The van der Waals surface area contributed by atoms with Gasteiger partial charge in [-0.15, -0.1) is 11.3 Å². The summed E-state index contributed by atoms with van der Waals surface area (Å²) in [4.78, 5) is 36.3. The summed E-state index contributed by atoms with van der Waals surface area (Å²) in [5.41, 5.74) is 0.498. The molecular weight excluding hydrogens is 386 g/mol. The van der Waals surface area contributed by atoms with Crippen molar-refractivity contribution < 1.29 is 14.4 Å². The fraction of sp³-hybridized carbons (Fsp3) is 0.364. The highest BCUT2D eigenvalue weighted by Crippen LogP contribution is 2.32. The monoisotopic (exact) mass is 393 g/mol. The Morgan fingerprint density at radius 2 is 1.89 bits per heavy atom. The molecule has 0 aromatic carbocycles. The van der Waals surface area contributed by atoms with Crippen molar-refractivity contribution in [2.75, 3.05) is 6.54 Å². The maximum atomic E-state index is 12.0. The van der Waals surface area contributed by atoms with Crippen molar-refractivity contribution in [2.45, 2.75) is 19.3 Å². The summed E-state index contributed by atoms with van der Waals surface area (Å²) in [6, 6.07) is 1.69. The van der Waals surface area contributed by atoms with Crippen LogP contribution in [0.25, 0.3) is 0 Å². The zero-order valence-corrected chi connectivity index (χ0v) is 13.2. The first-order valence-electron chi connectivity index (χ1n) is 5.30. The number of imide groups is 1. The van der Waals surface area contributed by atoms with E-state index in [0.717, 1.165) is 8.69 Å². The molecule has 0 unspecified atom stereocenters. The number of hydrogen-bond donors (Lipinski definition) is 0. The van der Waals surface area contributed by atoms with Gasteiger partial charge >= 0.3 is 0 Å². The Labute approximate surface area is 125 Å². The van der Waals surface area contributed by atoms with Gasteiger partial charge in [0.2, 0.25) is 11.8 Å². The molecular formula is C11H9Br2NO3S. The number of hydrogen-bond acceptors (Lipinski definition) is 4. The van der Waals surface area contributed by atoms with Gasteiger partial charge in [0.15, 0.2) is 5.78 Å². The van der Waals surface area contributed by atoms with Gasteiger partial charge in [-0.2, -0.15) is 0 Å². The molecule has 1 saturated heterocycles. The Kier molecular flexibility index (Phi) is 4.34. The first kappa shape index (κ1) is 13.9. The Balaban J connectivity index is 2.13. The lowest BCUT2D eigenvalue weighted by molar-refractivity contribution is -0.147. The van der Waals surface area contributed by atoms with Crippen LogP contribution in [0.4, 0.5) is 0 Å². The van der Waals surface area contributed by atoms with Crippen LogP contribution in [0, 0.1) is 0 Å². The Bertz CT molecular complexity index is 510. The number of nitrogens with zero attached hydrogens (tertiary/aromatic N) is 1. The van der Waals surface area contributed by atoms with E-state index in [2.05, 4.69) is 31.9 Å². The predicted molar refractivity (Wildman–Crippen MR) is 74.6 cm³/mol. The Morgan fingerprint density at radius 1 is 1.28 bits per heavy atom. The molecule has 0 aliphatic carbocycles. The minimum absolute atomic E-state index is 0.167. The topological polar surface area (TPSA) is 54.5 Å². The van der Waals surface area contributed by atoms with Gasteiger partial charge in [-0.25, -0.2) is 0 Å². The van der Waals surface area contributed by atoms with Crippen LogP contribution in [0.1, 0.15) is 29.6 Å². The summed E-state index contributed by atoms with van der Waals surface area (Å²) >= 11 is 7.97. The molecule has 7 heteroatoms. The number of carbonyl (C=O) groups is 3. The number of Topliss-reactive ketones (excluding diaryl/α,β-unsaturated/α-hetero) is 1. The molecule has 2 rings (SSSR count). The molecule has 2 heterocycles. The third-order valence-electron chi connectivity index (χ3n) is 2.64. The zero-order chi connectivity index (χ0) is 13.3. The van der Waals surface area contributed by atoms with E-state index in [1.165, 1.54) is 11.3 Å². The SMILES string of the molecule is O=C(CN1C(=O)CCCC1=O)c1cc(Br)sc1Br. The molecule has 1 aliphatic rings.